The monoisotopic (exact) mass is 641 g/mol. The molecule has 0 unspecified atom stereocenters. The van der Waals surface area contributed by atoms with Crippen molar-refractivity contribution in [2.75, 3.05) is 38.6 Å². The zero-order valence-corrected chi connectivity index (χ0v) is 24.9. The van der Waals surface area contributed by atoms with Crippen LogP contribution in [0.25, 0.3) is 5.65 Å². The molecule has 2 heterocycles. The number of pyridine rings is 1. The lowest BCUT2D eigenvalue weighted by atomic mass is 10.2. The molecule has 3 aromatic rings. The maximum absolute atomic E-state index is 12.7. The summed E-state index contributed by atoms with van der Waals surface area (Å²) in [4.78, 5) is 32.4. The van der Waals surface area contributed by atoms with Crippen LogP contribution >= 0.6 is 63.9 Å². The zero-order valence-electron chi connectivity index (χ0n) is 20.2. The Morgan fingerprint density at radius 3 is 2.56 bits per heavy atom. The van der Waals surface area contributed by atoms with Crippen LogP contribution < -0.4 is 15.0 Å². The summed E-state index contributed by atoms with van der Waals surface area (Å²) < 4.78 is 8.74. The fraction of sp³-hybridized carbons (Fsp3) is 0.348. The number of rotatable bonds is 9. The number of benzene rings is 1. The van der Waals surface area contributed by atoms with E-state index in [-0.39, 0.29) is 56.3 Å². The van der Waals surface area contributed by atoms with E-state index < -0.39 is 0 Å². The highest BCUT2D eigenvalue weighted by atomic mass is 79.9. The lowest BCUT2D eigenvalue weighted by molar-refractivity contribution is -0.125. The van der Waals surface area contributed by atoms with Gasteiger partial charge in [0, 0.05) is 23.8 Å². The van der Waals surface area contributed by atoms with Gasteiger partial charge in [0.25, 0.3) is 0 Å². The molecule has 1 aromatic carbocycles. The molecule has 0 aliphatic carbocycles. The number of carbonyl (C=O) groups is 2. The van der Waals surface area contributed by atoms with Crippen LogP contribution in [-0.4, -0.2) is 59.8 Å². The molecule has 3 rings (SSSR count). The van der Waals surface area contributed by atoms with Crippen molar-refractivity contribution >= 4 is 87.1 Å². The number of aryl methyl sites for hydroxylation is 1. The van der Waals surface area contributed by atoms with E-state index in [0.717, 1.165) is 16.8 Å². The van der Waals surface area contributed by atoms with Crippen LogP contribution in [-0.2, 0) is 16.2 Å². The van der Waals surface area contributed by atoms with E-state index in [2.05, 4.69) is 26.2 Å². The van der Waals surface area contributed by atoms with Gasteiger partial charge < -0.3 is 15.0 Å². The fourth-order valence-electron chi connectivity index (χ4n) is 3.21. The van der Waals surface area contributed by atoms with Gasteiger partial charge in [0.15, 0.2) is 11.4 Å². The van der Waals surface area contributed by atoms with Crippen molar-refractivity contribution in [1.29, 1.82) is 0 Å². The Morgan fingerprint density at radius 1 is 1.19 bits per heavy atom. The number of hydrogen-bond donors (Lipinski definition) is 1. The van der Waals surface area contributed by atoms with E-state index in [1.165, 1.54) is 4.90 Å². The topological polar surface area (TPSA) is 79.2 Å². The number of amides is 2. The van der Waals surface area contributed by atoms with Crippen molar-refractivity contribution in [3.8, 4) is 5.75 Å². The van der Waals surface area contributed by atoms with E-state index in [1.807, 2.05) is 48.5 Å². The van der Waals surface area contributed by atoms with Crippen molar-refractivity contribution in [2.45, 2.75) is 20.5 Å². The van der Waals surface area contributed by atoms with Crippen molar-refractivity contribution in [1.82, 2.24) is 19.6 Å². The first-order valence-electron chi connectivity index (χ1n) is 10.6. The Balaban J connectivity index is 0.00000324. The molecule has 2 aromatic heterocycles. The molecule has 0 spiro atoms. The minimum Gasteiger partial charge on any atom is -0.485 e. The highest BCUT2D eigenvalue weighted by Gasteiger charge is 2.20. The molecule has 198 valence electrons. The Kier molecular flexibility index (Phi) is 12.8. The number of halogens is 5. The lowest BCUT2D eigenvalue weighted by Crippen LogP contribution is -2.42. The van der Waals surface area contributed by atoms with Crippen LogP contribution in [0.3, 0.4) is 0 Å². The summed E-state index contributed by atoms with van der Waals surface area (Å²) >= 11 is 16.6. The number of nitrogens with one attached hydrogen (secondary N) is 1. The summed E-state index contributed by atoms with van der Waals surface area (Å²) in [5.41, 5.74) is 2.50. The summed E-state index contributed by atoms with van der Waals surface area (Å²) in [6.45, 7) is 4.74. The van der Waals surface area contributed by atoms with Gasteiger partial charge in [0.2, 0.25) is 11.8 Å². The maximum Gasteiger partial charge on any atom is 0.246 e. The Labute approximate surface area is 241 Å². The molecule has 0 aliphatic heterocycles. The van der Waals surface area contributed by atoms with Crippen LogP contribution in [0.5, 0.6) is 5.75 Å². The second kappa shape index (κ2) is 14.3. The molecule has 0 radical (unpaired) electrons. The van der Waals surface area contributed by atoms with Gasteiger partial charge in [-0.25, -0.2) is 4.98 Å². The smallest absolute Gasteiger partial charge is 0.246 e. The number of ether oxygens (including phenoxy) is 1. The normalized spacial score (nSPS) is 10.6. The molecule has 0 saturated heterocycles. The third-order valence-corrected chi connectivity index (χ3v) is 7.11. The van der Waals surface area contributed by atoms with E-state index in [1.54, 1.807) is 19.2 Å². The van der Waals surface area contributed by atoms with Crippen molar-refractivity contribution in [3.05, 3.63) is 56.4 Å². The Bertz CT molecular complexity index is 1220. The highest BCUT2D eigenvalue weighted by molar-refractivity contribution is 9.10. The first-order valence-corrected chi connectivity index (χ1v) is 12.1. The fourth-order valence-corrected chi connectivity index (χ4v) is 4.19. The predicted molar refractivity (Wildman–Crippen MR) is 153 cm³/mol. The summed E-state index contributed by atoms with van der Waals surface area (Å²) in [6.07, 6.45) is 1.88. The highest BCUT2D eigenvalue weighted by Crippen LogP contribution is 2.35. The summed E-state index contributed by atoms with van der Waals surface area (Å²) in [6, 6.07) is 6.99. The molecule has 13 heteroatoms. The molecule has 36 heavy (non-hydrogen) atoms. The third kappa shape index (κ3) is 7.40. The summed E-state index contributed by atoms with van der Waals surface area (Å²) in [5.74, 6) is 0.0292. The number of likely N-dealkylation sites (N-methyl/N-ethyl adjacent to an activating group) is 2. The second-order valence-electron chi connectivity index (χ2n) is 7.76. The van der Waals surface area contributed by atoms with E-state index in [0.29, 0.717) is 32.7 Å². The van der Waals surface area contributed by atoms with Gasteiger partial charge in [-0.3, -0.25) is 18.9 Å². The van der Waals surface area contributed by atoms with Gasteiger partial charge in [-0.05, 0) is 60.7 Å². The van der Waals surface area contributed by atoms with E-state index >= 15 is 0 Å². The van der Waals surface area contributed by atoms with Crippen molar-refractivity contribution in [3.63, 3.8) is 0 Å². The number of fused-ring (bicyclic) bond motifs is 1. The largest absolute Gasteiger partial charge is 0.485 e. The number of anilines is 1. The lowest BCUT2D eigenvalue weighted by Gasteiger charge is -2.21. The molecule has 0 atom stereocenters. The van der Waals surface area contributed by atoms with Crippen molar-refractivity contribution in [2.24, 2.45) is 0 Å². The standard InChI is InChI=1S/C23H26BrCl2N5O3.2ClH/c1-5-29(3)12-19(32)27-11-20(33)30(4)17-9-8-16(25)15(21(17)26)13-34-18-7-6-10-31-22(24)14(2)28-23(18)31;;/h6-10H,5,11-13H2,1-4H3,(H,27,32);2*1H. The molecule has 8 nitrogen and oxygen atoms in total. The van der Waals surface area contributed by atoms with Gasteiger partial charge in [-0.15, -0.1) is 24.8 Å². The Morgan fingerprint density at radius 2 is 1.89 bits per heavy atom. The minimum atomic E-state index is -0.314. The summed E-state index contributed by atoms with van der Waals surface area (Å²) in [7, 11) is 3.43. The van der Waals surface area contributed by atoms with Gasteiger partial charge in [0.05, 0.1) is 29.5 Å². The molecule has 2 amide bonds. The van der Waals surface area contributed by atoms with Crippen molar-refractivity contribution < 1.29 is 14.3 Å². The number of aromatic nitrogens is 2. The quantitative estimate of drug-likeness (QED) is 0.348. The zero-order chi connectivity index (χ0) is 25.0. The number of carbonyl (C=O) groups excluding carboxylic acids is 2. The number of nitrogens with zero attached hydrogens (tertiary/aromatic N) is 4. The molecule has 0 aliphatic rings. The average molecular weight is 644 g/mol. The molecule has 0 bridgehead atoms. The molecular formula is C23H28BrCl4N5O3. The summed E-state index contributed by atoms with van der Waals surface area (Å²) in [5, 5.41) is 3.35. The van der Waals surface area contributed by atoms with E-state index in [9.17, 15) is 9.59 Å². The minimum absolute atomic E-state index is 0. The predicted octanol–water partition coefficient (Wildman–Crippen LogP) is 5.17. The van der Waals surface area contributed by atoms with Gasteiger partial charge in [-0.1, -0.05) is 30.1 Å². The van der Waals surface area contributed by atoms with Crippen LogP contribution in [0.15, 0.2) is 35.1 Å². The van der Waals surface area contributed by atoms with Crippen LogP contribution in [0.1, 0.15) is 18.2 Å². The van der Waals surface area contributed by atoms with E-state index in [4.69, 9.17) is 27.9 Å². The van der Waals surface area contributed by atoms with Crippen LogP contribution in [0.4, 0.5) is 5.69 Å². The van der Waals surface area contributed by atoms with Crippen LogP contribution in [0.2, 0.25) is 10.0 Å². The second-order valence-corrected chi connectivity index (χ2v) is 9.30. The average Bonchev–Trinajstić information content (AvgIpc) is 3.11. The molecule has 0 fully saturated rings. The first kappa shape index (κ1) is 32.3. The van der Waals surface area contributed by atoms with Gasteiger partial charge in [0.1, 0.15) is 11.2 Å². The number of imidazole rings is 1. The molecular weight excluding hydrogens is 616 g/mol. The number of hydrogen-bond acceptors (Lipinski definition) is 5. The van der Waals surface area contributed by atoms with Gasteiger partial charge in [-0.2, -0.15) is 0 Å². The third-order valence-electron chi connectivity index (χ3n) is 5.38. The maximum atomic E-state index is 12.7. The molecule has 1 N–H and O–H groups in total. The SMILES string of the molecule is CCN(C)CC(=O)NCC(=O)N(C)c1ccc(Cl)c(COc2cccn3c(Br)c(C)nc23)c1Cl.Cl.Cl. The molecule has 0 saturated carbocycles. The first-order chi connectivity index (χ1) is 16.1. The van der Waals surface area contributed by atoms with Crippen LogP contribution in [0, 0.1) is 6.92 Å². The van der Waals surface area contributed by atoms with Gasteiger partial charge >= 0.3 is 0 Å². The Hall–Kier alpha value is -1.75.